The molecule has 0 radical (unpaired) electrons. The van der Waals surface area contributed by atoms with Crippen molar-refractivity contribution in [3.8, 4) is 11.5 Å². The standard InChI is InChI=1S/C18H21NO3/c1-19-8-7-18-11-4-5-13(20)17(18)22-16-14(21-2)6-3-10(15(16)18)9-12(11)19/h3,6,11-12,17H,4-5,7-9H2,1-2H3/t11-,12?,17-,18-/m0/s1. The Morgan fingerprint density at radius 1 is 1.41 bits per heavy atom. The van der Waals surface area contributed by atoms with Gasteiger partial charge in [-0.2, -0.15) is 0 Å². The third-order valence-corrected chi connectivity index (χ3v) is 6.59. The summed E-state index contributed by atoms with van der Waals surface area (Å²) in [5.74, 6) is 2.46. The minimum atomic E-state index is -0.284. The summed E-state index contributed by atoms with van der Waals surface area (Å²) in [5, 5.41) is 0. The number of nitrogens with zero attached hydrogens (tertiary/aromatic N) is 1. The van der Waals surface area contributed by atoms with Gasteiger partial charge in [0.25, 0.3) is 0 Å². The van der Waals surface area contributed by atoms with Crippen molar-refractivity contribution >= 4 is 5.78 Å². The van der Waals surface area contributed by atoms with E-state index in [9.17, 15) is 4.79 Å². The van der Waals surface area contributed by atoms with Crippen LogP contribution in [-0.2, 0) is 16.6 Å². The minimum absolute atomic E-state index is 0.0933. The molecule has 2 bridgehead atoms. The predicted octanol–water partition coefficient (Wildman–Crippen LogP) is 1.93. The molecular formula is C18H21NO3. The van der Waals surface area contributed by atoms with E-state index in [-0.39, 0.29) is 17.3 Å². The third kappa shape index (κ3) is 1.27. The van der Waals surface area contributed by atoms with Crippen molar-refractivity contribution < 1.29 is 14.3 Å². The molecule has 2 fully saturated rings. The van der Waals surface area contributed by atoms with Crippen LogP contribution in [0.4, 0.5) is 0 Å². The van der Waals surface area contributed by atoms with Gasteiger partial charge in [0.1, 0.15) is 0 Å². The molecule has 4 aliphatic rings. The highest BCUT2D eigenvalue weighted by molar-refractivity contribution is 5.89. The van der Waals surface area contributed by atoms with E-state index in [1.807, 2.05) is 6.07 Å². The Morgan fingerprint density at radius 2 is 2.27 bits per heavy atom. The molecule has 4 heteroatoms. The van der Waals surface area contributed by atoms with Gasteiger partial charge in [-0.1, -0.05) is 6.07 Å². The average molecular weight is 299 g/mol. The molecule has 4 nitrogen and oxygen atoms in total. The maximum Gasteiger partial charge on any atom is 0.174 e. The molecule has 116 valence electrons. The van der Waals surface area contributed by atoms with Gasteiger partial charge >= 0.3 is 0 Å². The zero-order valence-corrected chi connectivity index (χ0v) is 13.1. The smallest absolute Gasteiger partial charge is 0.174 e. The number of rotatable bonds is 1. The molecule has 2 aliphatic heterocycles. The molecule has 0 amide bonds. The number of Topliss-reactive ketones (excluding diaryl/α,β-unsaturated/α-hetero) is 1. The molecule has 0 N–H and O–H groups in total. The number of carbonyl (C=O) groups is 1. The van der Waals surface area contributed by atoms with Gasteiger partial charge in [-0.15, -0.1) is 0 Å². The van der Waals surface area contributed by atoms with Crippen molar-refractivity contribution in [2.24, 2.45) is 5.92 Å². The van der Waals surface area contributed by atoms with Gasteiger partial charge in [0.2, 0.25) is 0 Å². The monoisotopic (exact) mass is 299 g/mol. The van der Waals surface area contributed by atoms with Crippen LogP contribution in [0.25, 0.3) is 0 Å². The molecule has 5 rings (SSSR count). The number of hydrogen-bond acceptors (Lipinski definition) is 4. The molecule has 0 aromatic heterocycles. The fraction of sp³-hybridized carbons (Fsp3) is 0.611. The zero-order chi connectivity index (χ0) is 15.1. The number of likely N-dealkylation sites (tertiary alicyclic amines) is 1. The lowest BCUT2D eigenvalue weighted by atomic mass is 9.52. The summed E-state index contributed by atoms with van der Waals surface area (Å²) in [5.41, 5.74) is 2.57. The van der Waals surface area contributed by atoms with Crippen molar-refractivity contribution in [2.45, 2.75) is 43.2 Å². The van der Waals surface area contributed by atoms with E-state index in [4.69, 9.17) is 9.47 Å². The van der Waals surface area contributed by atoms with Gasteiger partial charge in [-0.05, 0) is 50.4 Å². The highest BCUT2D eigenvalue weighted by atomic mass is 16.5. The summed E-state index contributed by atoms with van der Waals surface area (Å²) in [6.07, 6.45) is 3.47. The fourth-order valence-corrected chi connectivity index (χ4v) is 5.67. The van der Waals surface area contributed by atoms with E-state index in [0.717, 1.165) is 37.3 Å². The first-order chi connectivity index (χ1) is 10.7. The second kappa shape index (κ2) is 4.05. The van der Waals surface area contributed by atoms with Crippen LogP contribution in [-0.4, -0.2) is 43.5 Å². The highest BCUT2D eigenvalue weighted by Crippen LogP contribution is 2.62. The molecule has 22 heavy (non-hydrogen) atoms. The van der Waals surface area contributed by atoms with Gasteiger partial charge in [0.15, 0.2) is 23.4 Å². The van der Waals surface area contributed by atoms with Crippen LogP contribution in [0.1, 0.15) is 30.4 Å². The topological polar surface area (TPSA) is 38.8 Å². The molecule has 1 spiro atoms. The Labute approximate surface area is 130 Å². The molecule has 2 aliphatic carbocycles. The largest absolute Gasteiger partial charge is 0.493 e. The van der Waals surface area contributed by atoms with Gasteiger partial charge in [0, 0.05) is 23.4 Å². The summed E-state index contributed by atoms with van der Waals surface area (Å²) < 4.78 is 11.8. The van der Waals surface area contributed by atoms with Gasteiger partial charge < -0.3 is 14.4 Å². The van der Waals surface area contributed by atoms with E-state index < -0.39 is 0 Å². The summed E-state index contributed by atoms with van der Waals surface area (Å²) in [4.78, 5) is 15.1. The number of likely N-dealkylation sites (N-methyl/N-ethyl adjacent to an activating group) is 1. The molecule has 1 aromatic rings. The Hall–Kier alpha value is -1.55. The minimum Gasteiger partial charge on any atom is -0.493 e. The number of methoxy groups -OCH3 is 1. The Balaban J connectivity index is 1.81. The van der Waals surface area contributed by atoms with E-state index in [1.165, 1.54) is 11.1 Å². The molecule has 1 unspecified atom stereocenters. The van der Waals surface area contributed by atoms with Crippen molar-refractivity contribution in [3.05, 3.63) is 23.3 Å². The van der Waals surface area contributed by atoms with Crippen molar-refractivity contribution in [1.29, 1.82) is 0 Å². The maximum absolute atomic E-state index is 12.6. The normalized spacial score (nSPS) is 38.5. The first kappa shape index (κ1) is 12.9. The summed E-state index contributed by atoms with van der Waals surface area (Å²) in [6.45, 7) is 1.05. The van der Waals surface area contributed by atoms with E-state index in [2.05, 4.69) is 18.0 Å². The van der Waals surface area contributed by atoms with Gasteiger partial charge in [0.05, 0.1) is 7.11 Å². The van der Waals surface area contributed by atoms with Crippen LogP contribution in [0.5, 0.6) is 11.5 Å². The Morgan fingerprint density at radius 3 is 3.09 bits per heavy atom. The lowest BCUT2D eigenvalue weighted by molar-refractivity contribution is -0.138. The van der Waals surface area contributed by atoms with Crippen molar-refractivity contribution in [3.63, 3.8) is 0 Å². The quantitative estimate of drug-likeness (QED) is 0.794. The van der Waals surface area contributed by atoms with Crippen LogP contribution in [0.15, 0.2) is 12.1 Å². The molecule has 1 aromatic carbocycles. The molecule has 4 atom stereocenters. The van der Waals surface area contributed by atoms with E-state index in [1.54, 1.807) is 7.11 Å². The van der Waals surface area contributed by atoms with Crippen LogP contribution >= 0.6 is 0 Å². The molecular weight excluding hydrogens is 278 g/mol. The molecule has 2 heterocycles. The first-order valence-corrected chi connectivity index (χ1v) is 8.27. The van der Waals surface area contributed by atoms with Crippen LogP contribution in [0, 0.1) is 5.92 Å². The summed E-state index contributed by atoms with van der Waals surface area (Å²) in [6, 6.07) is 4.73. The second-order valence-electron chi connectivity index (χ2n) is 7.28. The summed E-state index contributed by atoms with van der Waals surface area (Å²) in [7, 11) is 3.91. The van der Waals surface area contributed by atoms with Gasteiger partial charge in [-0.25, -0.2) is 0 Å². The maximum atomic E-state index is 12.6. The number of benzene rings is 1. The van der Waals surface area contributed by atoms with Crippen LogP contribution in [0.2, 0.25) is 0 Å². The lowest BCUT2D eigenvalue weighted by Crippen LogP contribution is -2.65. The summed E-state index contributed by atoms with van der Waals surface area (Å²) >= 11 is 0. The Bertz CT molecular complexity index is 685. The number of ether oxygens (including phenoxy) is 2. The third-order valence-electron chi connectivity index (χ3n) is 6.59. The van der Waals surface area contributed by atoms with E-state index >= 15 is 0 Å². The van der Waals surface area contributed by atoms with Crippen molar-refractivity contribution in [1.82, 2.24) is 4.90 Å². The second-order valence-corrected chi connectivity index (χ2v) is 7.28. The predicted molar refractivity (Wildman–Crippen MR) is 81.6 cm³/mol. The first-order valence-electron chi connectivity index (χ1n) is 8.27. The van der Waals surface area contributed by atoms with Crippen molar-refractivity contribution in [2.75, 3.05) is 20.7 Å². The fourth-order valence-electron chi connectivity index (χ4n) is 5.67. The van der Waals surface area contributed by atoms with Crippen LogP contribution in [0.3, 0.4) is 0 Å². The SMILES string of the molecule is COc1ccc2c3c1O[C@H]1C(=O)CC[C@H]4C(C2)N(C)CC[C@]314. The van der Waals surface area contributed by atoms with Crippen LogP contribution < -0.4 is 9.47 Å². The molecule has 1 saturated carbocycles. The number of piperidine rings is 1. The van der Waals surface area contributed by atoms with E-state index in [0.29, 0.717) is 18.4 Å². The number of carbonyl (C=O) groups excluding carboxylic acids is 1. The average Bonchev–Trinajstić information content (AvgIpc) is 2.88. The Kier molecular flexibility index (Phi) is 2.38. The molecule has 1 saturated heterocycles. The zero-order valence-electron chi connectivity index (χ0n) is 13.1. The number of hydrogen-bond donors (Lipinski definition) is 0. The lowest BCUT2D eigenvalue weighted by Gasteiger charge is -2.57. The number of ketones is 1. The highest BCUT2D eigenvalue weighted by Gasteiger charge is 2.65. The van der Waals surface area contributed by atoms with Gasteiger partial charge in [-0.3, -0.25) is 4.79 Å².